The lowest BCUT2D eigenvalue weighted by molar-refractivity contribution is 0.450. The van der Waals surface area contributed by atoms with Crippen LogP contribution in [0.1, 0.15) is 11.4 Å². The molecular weight excluding hydrogens is 442 g/mol. The van der Waals surface area contributed by atoms with Gasteiger partial charge in [-0.15, -0.1) is 0 Å². The van der Waals surface area contributed by atoms with Crippen molar-refractivity contribution in [2.45, 2.75) is 13.8 Å². The van der Waals surface area contributed by atoms with Crippen LogP contribution in [0.25, 0.3) is 21.9 Å². The van der Waals surface area contributed by atoms with Gasteiger partial charge in [0.25, 0.3) is 0 Å². The molecule has 10 heteroatoms. The summed E-state index contributed by atoms with van der Waals surface area (Å²) in [4.78, 5) is 4.06. The third-order valence-corrected chi connectivity index (χ3v) is 6.35. The highest BCUT2D eigenvalue weighted by Gasteiger charge is 2.18. The molecule has 2 N–H and O–H groups in total. The summed E-state index contributed by atoms with van der Waals surface area (Å²) in [5, 5.41) is 15.7. The van der Waals surface area contributed by atoms with E-state index in [-0.39, 0.29) is 11.6 Å². The molecule has 0 amide bonds. The van der Waals surface area contributed by atoms with Gasteiger partial charge in [-0.1, -0.05) is 10.3 Å². The van der Waals surface area contributed by atoms with Gasteiger partial charge in [-0.05, 0) is 26.0 Å². The Kier molecular flexibility index (Phi) is 6.34. The Balaban J connectivity index is 0.000000142. The number of nitrogens with zero attached hydrogens (tertiary/aromatic N) is 4. The van der Waals surface area contributed by atoms with Crippen LogP contribution in [0.15, 0.2) is 33.3 Å². The average Bonchev–Trinajstić information content (AvgIpc) is 3.41. The molecule has 8 nitrogen and oxygen atoms in total. The molecule has 180 valence electrons. The van der Waals surface area contributed by atoms with E-state index in [0.29, 0.717) is 22.5 Å². The minimum Gasteiger partial charge on any atom is -0.367 e. The van der Waals surface area contributed by atoms with E-state index in [2.05, 4.69) is 20.9 Å². The van der Waals surface area contributed by atoms with Crippen LogP contribution in [0.5, 0.6) is 0 Å². The van der Waals surface area contributed by atoms with E-state index in [1.165, 1.54) is 12.1 Å². The third-order valence-electron chi connectivity index (χ3n) is 6.35. The summed E-state index contributed by atoms with van der Waals surface area (Å²) in [6, 6.07) is 6.52. The van der Waals surface area contributed by atoms with E-state index < -0.39 is 0 Å². The van der Waals surface area contributed by atoms with Gasteiger partial charge in [-0.25, -0.2) is 8.78 Å². The first-order valence-electron chi connectivity index (χ1n) is 11.5. The molecule has 2 fully saturated rings. The molecule has 2 aromatic heterocycles. The van der Waals surface area contributed by atoms with Crippen LogP contribution in [0.2, 0.25) is 0 Å². The van der Waals surface area contributed by atoms with Gasteiger partial charge in [0.1, 0.15) is 11.6 Å². The molecule has 2 saturated heterocycles. The topological polar surface area (TPSA) is 82.6 Å². The van der Waals surface area contributed by atoms with E-state index in [1.807, 2.05) is 23.6 Å². The van der Waals surface area contributed by atoms with Crippen molar-refractivity contribution >= 4 is 33.3 Å². The SMILES string of the molecule is Cc1noc2cc(N3CCNCC3)c(F)cc12.Cc1noc2cc(N3CCNCC3)c(F)cc12. The van der Waals surface area contributed by atoms with Crippen LogP contribution >= 0.6 is 0 Å². The molecule has 0 spiro atoms. The predicted molar refractivity (Wildman–Crippen MR) is 128 cm³/mol. The first-order valence-corrected chi connectivity index (χ1v) is 11.5. The zero-order valence-electron chi connectivity index (χ0n) is 19.3. The van der Waals surface area contributed by atoms with Gasteiger partial charge in [0.15, 0.2) is 11.2 Å². The van der Waals surface area contributed by atoms with Gasteiger partial charge in [0.2, 0.25) is 0 Å². The second kappa shape index (κ2) is 9.55. The number of halogens is 2. The molecule has 34 heavy (non-hydrogen) atoms. The van der Waals surface area contributed by atoms with Gasteiger partial charge in [0, 0.05) is 75.3 Å². The van der Waals surface area contributed by atoms with Crippen molar-refractivity contribution in [3.05, 3.63) is 47.3 Å². The number of fused-ring (bicyclic) bond motifs is 2. The molecule has 0 bridgehead atoms. The Hall–Kier alpha value is -3.24. The van der Waals surface area contributed by atoms with Crippen LogP contribution in [0.4, 0.5) is 20.2 Å². The fourth-order valence-electron chi connectivity index (χ4n) is 4.43. The van der Waals surface area contributed by atoms with Crippen LogP contribution in [-0.2, 0) is 0 Å². The first kappa shape index (κ1) is 22.5. The van der Waals surface area contributed by atoms with Crippen molar-refractivity contribution in [3.63, 3.8) is 0 Å². The molecule has 0 radical (unpaired) electrons. The highest BCUT2D eigenvalue weighted by molar-refractivity contribution is 5.84. The fourth-order valence-corrected chi connectivity index (χ4v) is 4.43. The van der Waals surface area contributed by atoms with Crippen molar-refractivity contribution < 1.29 is 17.8 Å². The lowest BCUT2D eigenvalue weighted by Gasteiger charge is -2.29. The monoisotopic (exact) mass is 470 g/mol. The van der Waals surface area contributed by atoms with Crippen molar-refractivity contribution in [3.8, 4) is 0 Å². The van der Waals surface area contributed by atoms with Gasteiger partial charge in [0.05, 0.1) is 22.8 Å². The first-order chi connectivity index (χ1) is 16.5. The molecule has 6 rings (SSSR count). The number of benzene rings is 2. The second-order valence-electron chi connectivity index (χ2n) is 8.61. The van der Waals surface area contributed by atoms with Crippen LogP contribution in [0.3, 0.4) is 0 Å². The number of aromatic nitrogens is 2. The molecule has 0 aliphatic carbocycles. The smallest absolute Gasteiger partial charge is 0.169 e. The van der Waals surface area contributed by atoms with E-state index in [0.717, 1.165) is 74.5 Å². The molecule has 4 heterocycles. The molecule has 2 aliphatic rings. The number of rotatable bonds is 2. The van der Waals surface area contributed by atoms with E-state index in [1.54, 1.807) is 12.1 Å². The van der Waals surface area contributed by atoms with Crippen molar-refractivity contribution in [1.29, 1.82) is 0 Å². The lowest BCUT2D eigenvalue weighted by atomic mass is 10.1. The summed E-state index contributed by atoms with van der Waals surface area (Å²) in [6.45, 7) is 10.4. The second-order valence-corrected chi connectivity index (χ2v) is 8.61. The molecule has 0 atom stereocenters. The highest BCUT2D eigenvalue weighted by atomic mass is 19.1. The minimum atomic E-state index is -0.203. The summed E-state index contributed by atoms with van der Waals surface area (Å²) < 4.78 is 38.4. The normalized spacial score (nSPS) is 16.7. The molecule has 2 aromatic carbocycles. The molecule has 0 saturated carbocycles. The zero-order valence-corrected chi connectivity index (χ0v) is 19.3. The Bertz CT molecular complexity index is 1190. The Morgan fingerprint density at radius 1 is 0.676 bits per heavy atom. The maximum absolute atomic E-state index is 14.0. The number of aryl methyl sites for hydroxylation is 2. The zero-order chi connectivity index (χ0) is 23.7. The molecule has 0 unspecified atom stereocenters. The summed E-state index contributed by atoms with van der Waals surface area (Å²) in [5.41, 5.74) is 3.97. The van der Waals surface area contributed by atoms with Crippen molar-refractivity contribution in [2.24, 2.45) is 0 Å². The number of hydrogen-bond donors (Lipinski definition) is 2. The van der Waals surface area contributed by atoms with Crippen molar-refractivity contribution in [1.82, 2.24) is 20.9 Å². The maximum Gasteiger partial charge on any atom is 0.169 e. The van der Waals surface area contributed by atoms with Crippen LogP contribution in [-0.4, -0.2) is 62.7 Å². The quantitative estimate of drug-likeness (QED) is 0.462. The summed E-state index contributed by atoms with van der Waals surface area (Å²) in [6.07, 6.45) is 0. The van der Waals surface area contributed by atoms with Crippen molar-refractivity contribution in [2.75, 3.05) is 62.2 Å². The number of anilines is 2. The minimum absolute atomic E-state index is 0.203. The predicted octanol–water partition coefficient (Wildman–Crippen LogP) is 3.37. The average molecular weight is 471 g/mol. The van der Waals surface area contributed by atoms with Gasteiger partial charge < -0.3 is 29.5 Å². The largest absolute Gasteiger partial charge is 0.367 e. The molecule has 4 aromatic rings. The molecular formula is C24H28F2N6O2. The summed E-state index contributed by atoms with van der Waals surface area (Å²) in [7, 11) is 0. The van der Waals surface area contributed by atoms with Gasteiger partial charge >= 0.3 is 0 Å². The number of hydrogen-bond acceptors (Lipinski definition) is 8. The highest BCUT2D eigenvalue weighted by Crippen LogP contribution is 2.29. The molecule has 2 aliphatic heterocycles. The summed E-state index contributed by atoms with van der Waals surface area (Å²) >= 11 is 0. The van der Waals surface area contributed by atoms with E-state index >= 15 is 0 Å². The Morgan fingerprint density at radius 2 is 1.06 bits per heavy atom. The summed E-state index contributed by atoms with van der Waals surface area (Å²) in [5.74, 6) is -0.406. The maximum atomic E-state index is 14.0. The van der Waals surface area contributed by atoms with E-state index in [4.69, 9.17) is 9.05 Å². The lowest BCUT2D eigenvalue weighted by Crippen LogP contribution is -2.43. The third kappa shape index (κ3) is 4.43. The van der Waals surface area contributed by atoms with Crippen LogP contribution in [0, 0.1) is 25.5 Å². The van der Waals surface area contributed by atoms with Crippen LogP contribution < -0.4 is 20.4 Å². The Morgan fingerprint density at radius 3 is 1.44 bits per heavy atom. The Labute approximate surface area is 195 Å². The number of piperazine rings is 2. The fraction of sp³-hybridized carbons (Fsp3) is 0.417. The van der Waals surface area contributed by atoms with Gasteiger partial charge in [-0.3, -0.25) is 0 Å². The van der Waals surface area contributed by atoms with E-state index in [9.17, 15) is 8.78 Å². The standard InChI is InChI=1S/2C12H14FN3O/c2*1-8-9-6-10(13)11(7-12(9)17-15-8)16-4-2-14-3-5-16/h2*6-7,14H,2-5H2,1H3. The number of nitrogens with one attached hydrogen (secondary N) is 2. The van der Waals surface area contributed by atoms with Gasteiger partial charge in [-0.2, -0.15) is 0 Å².